The molecule has 0 aliphatic carbocycles. The molecule has 1 aliphatic rings. The maximum Gasteiger partial charge on any atom is 0.123 e. The van der Waals surface area contributed by atoms with Gasteiger partial charge in [-0.2, -0.15) is 0 Å². The third-order valence-electron chi connectivity index (χ3n) is 4.09. The number of ether oxygens (including phenoxy) is 2. The van der Waals surface area contributed by atoms with Crippen molar-refractivity contribution >= 4 is 23.2 Å². The second-order valence-corrected chi connectivity index (χ2v) is 5.43. The minimum atomic E-state index is 0. The van der Waals surface area contributed by atoms with Crippen LogP contribution >= 0.6 is 12.4 Å². The number of hydrogen-bond donors (Lipinski definition) is 1. The van der Waals surface area contributed by atoms with Crippen molar-refractivity contribution in [3.05, 3.63) is 42.0 Å². The molecule has 1 aliphatic heterocycles. The Hall–Kier alpha value is -1.33. The third-order valence-corrected chi connectivity index (χ3v) is 4.09. The summed E-state index contributed by atoms with van der Waals surface area (Å²) < 4.78 is 11.2. The minimum absolute atomic E-state index is 0. The molecular weight excluding hydrogens is 300 g/mol. The highest BCUT2D eigenvalue weighted by molar-refractivity contribution is 5.87. The SMILES string of the molecule is COc1ccc2ccccc2c1CN1CCOC(CN)C1.Cl. The number of halogens is 1. The largest absolute Gasteiger partial charge is 0.496 e. The first kappa shape index (κ1) is 17.0. The van der Waals surface area contributed by atoms with Crippen molar-refractivity contribution in [1.82, 2.24) is 4.90 Å². The lowest BCUT2D eigenvalue weighted by Crippen LogP contribution is -2.45. The molecule has 5 heteroatoms. The molecule has 4 nitrogen and oxygen atoms in total. The zero-order valence-electron chi connectivity index (χ0n) is 12.8. The highest BCUT2D eigenvalue weighted by Crippen LogP contribution is 2.29. The topological polar surface area (TPSA) is 47.7 Å². The summed E-state index contributed by atoms with van der Waals surface area (Å²) in [6, 6.07) is 12.6. The number of nitrogens with two attached hydrogens (primary N) is 1. The molecule has 0 saturated carbocycles. The highest BCUT2D eigenvalue weighted by atomic mass is 35.5. The Morgan fingerprint density at radius 3 is 2.86 bits per heavy atom. The van der Waals surface area contributed by atoms with Crippen molar-refractivity contribution in [2.24, 2.45) is 5.73 Å². The van der Waals surface area contributed by atoms with Gasteiger partial charge in [0.15, 0.2) is 0 Å². The van der Waals surface area contributed by atoms with Crippen LogP contribution in [0.3, 0.4) is 0 Å². The molecule has 0 spiro atoms. The Labute approximate surface area is 137 Å². The number of morpholine rings is 1. The maximum atomic E-state index is 5.73. The van der Waals surface area contributed by atoms with E-state index in [0.29, 0.717) is 6.54 Å². The first-order chi connectivity index (χ1) is 10.3. The van der Waals surface area contributed by atoms with Crippen molar-refractivity contribution in [1.29, 1.82) is 0 Å². The molecule has 1 fully saturated rings. The van der Waals surface area contributed by atoms with E-state index in [4.69, 9.17) is 15.2 Å². The van der Waals surface area contributed by atoms with Gasteiger partial charge < -0.3 is 15.2 Å². The summed E-state index contributed by atoms with van der Waals surface area (Å²) in [4.78, 5) is 2.39. The van der Waals surface area contributed by atoms with Gasteiger partial charge in [0.2, 0.25) is 0 Å². The number of fused-ring (bicyclic) bond motifs is 1. The first-order valence-corrected chi connectivity index (χ1v) is 7.40. The van der Waals surface area contributed by atoms with Gasteiger partial charge in [-0.05, 0) is 16.8 Å². The molecule has 1 heterocycles. The molecule has 0 radical (unpaired) electrons. The highest BCUT2D eigenvalue weighted by Gasteiger charge is 2.21. The molecular formula is C17H23ClN2O2. The van der Waals surface area contributed by atoms with Crippen LogP contribution in [0.4, 0.5) is 0 Å². The lowest BCUT2D eigenvalue weighted by molar-refractivity contribution is -0.0260. The van der Waals surface area contributed by atoms with Crippen LogP contribution in [-0.4, -0.2) is 44.4 Å². The van der Waals surface area contributed by atoms with Gasteiger partial charge in [-0.3, -0.25) is 4.90 Å². The van der Waals surface area contributed by atoms with Gasteiger partial charge in [0.1, 0.15) is 5.75 Å². The number of nitrogens with zero attached hydrogens (tertiary/aromatic N) is 1. The zero-order chi connectivity index (χ0) is 14.7. The fraction of sp³-hybridized carbons (Fsp3) is 0.412. The Balaban J connectivity index is 0.00000176. The van der Waals surface area contributed by atoms with Crippen LogP contribution in [0.25, 0.3) is 10.8 Å². The van der Waals surface area contributed by atoms with Crippen molar-refractivity contribution in [3.8, 4) is 5.75 Å². The molecule has 2 aromatic rings. The van der Waals surface area contributed by atoms with E-state index in [1.54, 1.807) is 7.11 Å². The summed E-state index contributed by atoms with van der Waals surface area (Å²) in [6.07, 6.45) is 0.139. The van der Waals surface area contributed by atoms with Gasteiger partial charge in [-0.1, -0.05) is 30.3 Å². The number of benzene rings is 2. The summed E-state index contributed by atoms with van der Waals surface area (Å²) in [5.74, 6) is 0.949. The van der Waals surface area contributed by atoms with E-state index in [0.717, 1.165) is 32.0 Å². The predicted molar refractivity (Wildman–Crippen MR) is 91.8 cm³/mol. The predicted octanol–water partition coefficient (Wildman–Crippen LogP) is 2.43. The number of methoxy groups -OCH3 is 1. The van der Waals surface area contributed by atoms with Gasteiger partial charge in [0.25, 0.3) is 0 Å². The number of rotatable bonds is 4. The van der Waals surface area contributed by atoms with Crippen LogP contribution in [0.2, 0.25) is 0 Å². The van der Waals surface area contributed by atoms with Crippen LogP contribution in [0.15, 0.2) is 36.4 Å². The van der Waals surface area contributed by atoms with Gasteiger partial charge >= 0.3 is 0 Å². The van der Waals surface area contributed by atoms with Gasteiger partial charge in [-0.15, -0.1) is 12.4 Å². The van der Waals surface area contributed by atoms with Crippen molar-refractivity contribution in [2.45, 2.75) is 12.6 Å². The van der Waals surface area contributed by atoms with E-state index in [1.165, 1.54) is 16.3 Å². The summed E-state index contributed by atoms with van der Waals surface area (Å²) in [7, 11) is 1.73. The standard InChI is InChI=1S/C17H22N2O2.ClH/c1-20-17-7-6-13-4-2-3-5-15(13)16(17)12-19-8-9-21-14(10-18)11-19;/h2-7,14H,8-12,18H2,1H3;1H. The van der Waals surface area contributed by atoms with Crippen molar-refractivity contribution < 1.29 is 9.47 Å². The normalized spacial score (nSPS) is 18.9. The van der Waals surface area contributed by atoms with E-state index < -0.39 is 0 Å². The van der Waals surface area contributed by atoms with Crippen molar-refractivity contribution in [3.63, 3.8) is 0 Å². The first-order valence-electron chi connectivity index (χ1n) is 7.40. The van der Waals surface area contributed by atoms with Crippen LogP contribution in [0.5, 0.6) is 5.75 Å². The smallest absolute Gasteiger partial charge is 0.123 e. The van der Waals surface area contributed by atoms with Gasteiger partial charge in [-0.25, -0.2) is 0 Å². The van der Waals surface area contributed by atoms with E-state index in [-0.39, 0.29) is 18.5 Å². The van der Waals surface area contributed by atoms with E-state index in [2.05, 4.69) is 41.3 Å². The second-order valence-electron chi connectivity index (χ2n) is 5.43. The van der Waals surface area contributed by atoms with E-state index in [1.807, 2.05) is 0 Å². The molecule has 2 aromatic carbocycles. The Bertz CT molecular complexity index is 621. The molecule has 1 unspecified atom stereocenters. The molecule has 2 N–H and O–H groups in total. The maximum absolute atomic E-state index is 5.73. The molecule has 0 aromatic heterocycles. The molecule has 120 valence electrons. The molecule has 1 atom stereocenters. The summed E-state index contributed by atoms with van der Waals surface area (Å²) in [5, 5.41) is 2.50. The fourth-order valence-electron chi connectivity index (χ4n) is 2.96. The van der Waals surface area contributed by atoms with Crippen LogP contribution in [0.1, 0.15) is 5.56 Å². The quantitative estimate of drug-likeness (QED) is 0.939. The summed E-state index contributed by atoms with van der Waals surface area (Å²) in [6.45, 7) is 3.99. The van der Waals surface area contributed by atoms with Crippen LogP contribution < -0.4 is 10.5 Å². The number of hydrogen-bond acceptors (Lipinski definition) is 4. The lowest BCUT2D eigenvalue weighted by atomic mass is 10.0. The van der Waals surface area contributed by atoms with Gasteiger partial charge in [0.05, 0.1) is 19.8 Å². The van der Waals surface area contributed by atoms with Crippen LogP contribution in [0, 0.1) is 0 Å². The summed E-state index contributed by atoms with van der Waals surface area (Å²) in [5.41, 5.74) is 6.97. The minimum Gasteiger partial charge on any atom is -0.496 e. The Morgan fingerprint density at radius 1 is 1.27 bits per heavy atom. The van der Waals surface area contributed by atoms with E-state index >= 15 is 0 Å². The molecule has 0 amide bonds. The zero-order valence-corrected chi connectivity index (χ0v) is 13.6. The fourth-order valence-corrected chi connectivity index (χ4v) is 2.96. The summed E-state index contributed by atoms with van der Waals surface area (Å²) >= 11 is 0. The molecule has 1 saturated heterocycles. The Kier molecular flexibility index (Phi) is 6.03. The average Bonchev–Trinajstić information content (AvgIpc) is 2.55. The molecule has 3 rings (SSSR count). The van der Waals surface area contributed by atoms with E-state index in [9.17, 15) is 0 Å². The van der Waals surface area contributed by atoms with Crippen molar-refractivity contribution in [2.75, 3.05) is 33.4 Å². The second kappa shape index (κ2) is 7.79. The lowest BCUT2D eigenvalue weighted by Gasteiger charge is -2.32. The average molecular weight is 323 g/mol. The van der Waals surface area contributed by atoms with Gasteiger partial charge in [0, 0.05) is 31.7 Å². The third kappa shape index (κ3) is 3.52. The molecule has 22 heavy (non-hydrogen) atoms. The van der Waals surface area contributed by atoms with Crippen LogP contribution in [-0.2, 0) is 11.3 Å². The molecule has 0 bridgehead atoms. The Morgan fingerprint density at radius 2 is 2.09 bits per heavy atom. The monoisotopic (exact) mass is 322 g/mol.